The van der Waals surface area contributed by atoms with Crippen LogP contribution in [0, 0.1) is 5.41 Å². The maximum Gasteiger partial charge on any atom is 0.0589 e. The lowest BCUT2D eigenvalue weighted by molar-refractivity contribution is 0.107. The van der Waals surface area contributed by atoms with Crippen LogP contribution in [0.5, 0.6) is 0 Å². The van der Waals surface area contributed by atoms with E-state index in [1.165, 1.54) is 0 Å². The minimum Gasteiger partial charge on any atom is -0.383 e. The van der Waals surface area contributed by atoms with Crippen molar-refractivity contribution in [3.05, 3.63) is 0 Å². The van der Waals surface area contributed by atoms with Gasteiger partial charge in [0.25, 0.3) is 0 Å². The highest BCUT2D eigenvalue weighted by molar-refractivity contribution is 4.84. The summed E-state index contributed by atoms with van der Waals surface area (Å²) in [6.07, 6.45) is 0. The molecule has 0 aromatic rings. The van der Waals surface area contributed by atoms with Crippen LogP contribution in [0.1, 0.15) is 20.8 Å². The molecule has 1 aliphatic rings. The van der Waals surface area contributed by atoms with E-state index in [4.69, 9.17) is 4.74 Å². The molecule has 0 aromatic heterocycles. The molecule has 14 heavy (non-hydrogen) atoms. The summed E-state index contributed by atoms with van der Waals surface area (Å²) < 4.78 is 5.14. The molecule has 3 nitrogen and oxygen atoms in total. The fourth-order valence-electron chi connectivity index (χ4n) is 2.02. The average Bonchev–Trinajstić information content (AvgIpc) is 2.22. The maximum atomic E-state index is 5.14. The predicted octanol–water partition coefficient (Wildman–Crippen LogP) is 0.953. The van der Waals surface area contributed by atoms with Crippen molar-refractivity contribution in [3.63, 3.8) is 0 Å². The van der Waals surface area contributed by atoms with Gasteiger partial charge in [0.15, 0.2) is 0 Å². The number of methoxy groups -OCH3 is 1. The highest BCUT2D eigenvalue weighted by Crippen LogP contribution is 2.19. The summed E-state index contributed by atoms with van der Waals surface area (Å²) in [6.45, 7) is 12.2. The Balaban J connectivity index is 2.50. The van der Waals surface area contributed by atoms with Gasteiger partial charge >= 0.3 is 0 Å². The van der Waals surface area contributed by atoms with Gasteiger partial charge in [-0.25, -0.2) is 0 Å². The van der Waals surface area contributed by atoms with Crippen LogP contribution >= 0.6 is 0 Å². The van der Waals surface area contributed by atoms with Crippen LogP contribution in [-0.4, -0.2) is 50.8 Å². The van der Waals surface area contributed by atoms with Gasteiger partial charge in [0.05, 0.1) is 6.61 Å². The van der Waals surface area contributed by atoms with Gasteiger partial charge in [-0.3, -0.25) is 4.90 Å². The Morgan fingerprint density at radius 2 is 2.21 bits per heavy atom. The Kier molecular flexibility index (Phi) is 4.35. The zero-order valence-corrected chi connectivity index (χ0v) is 9.97. The Morgan fingerprint density at radius 3 is 2.86 bits per heavy atom. The van der Waals surface area contributed by atoms with Crippen molar-refractivity contribution in [2.45, 2.75) is 26.8 Å². The molecule has 0 radical (unpaired) electrons. The van der Waals surface area contributed by atoms with Crippen molar-refractivity contribution in [2.24, 2.45) is 5.41 Å². The lowest BCUT2D eigenvalue weighted by atomic mass is 9.93. The summed E-state index contributed by atoms with van der Waals surface area (Å²) in [4.78, 5) is 2.52. The van der Waals surface area contributed by atoms with E-state index in [0.717, 1.165) is 32.8 Å². The number of hydrogen-bond acceptors (Lipinski definition) is 3. The average molecular weight is 200 g/mol. The van der Waals surface area contributed by atoms with Gasteiger partial charge in [-0.15, -0.1) is 0 Å². The van der Waals surface area contributed by atoms with Gasteiger partial charge in [-0.1, -0.05) is 13.8 Å². The number of hydrogen-bond donors (Lipinski definition) is 1. The molecule has 1 heterocycles. The number of rotatable bonds is 3. The molecule has 0 aromatic carbocycles. The second kappa shape index (κ2) is 5.10. The molecule has 0 spiro atoms. The second-order valence-corrected chi connectivity index (χ2v) is 5.11. The fraction of sp³-hybridized carbons (Fsp3) is 1.00. The van der Waals surface area contributed by atoms with Crippen LogP contribution in [-0.2, 0) is 4.74 Å². The molecule has 1 fully saturated rings. The van der Waals surface area contributed by atoms with Crippen molar-refractivity contribution >= 4 is 0 Å². The van der Waals surface area contributed by atoms with E-state index in [0.29, 0.717) is 11.5 Å². The molecule has 0 amide bonds. The highest BCUT2D eigenvalue weighted by Gasteiger charge is 2.27. The quantitative estimate of drug-likeness (QED) is 0.734. The van der Waals surface area contributed by atoms with Crippen LogP contribution in [0.15, 0.2) is 0 Å². The molecule has 1 unspecified atom stereocenters. The standard InChI is InChI=1S/C11H24N2O/c1-10-7-12-8-11(2,3)9-13(10)5-6-14-4/h10,12H,5-9H2,1-4H3. The molecule has 1 rings (SSSR count). The van der Waals surface area contributed by atoms with Gasteiger partial charge in [-0.05, 0) is 12.3 Å². The summed E-state index contributed by atoms with van der Waals surface area (Å²) in [7, 11) is 1.77. The van der Waals surface area contributed by atoms with E-state index in [-0.39, 0.29) is 0 Å². The van der Waals surface area contributed by atoms with Gasteiger partial charge in [0, 0.05) is 39.3 Å². The minimum atomic E-state index is 0.374. The molecule has 0 bridgehead atoms. The first kappa shape index (κ1) is 12.0. The smallest absolute Gasteiger partial charge is 0.0589 e. The van der Waals surface area contributed by atoms with Crippen molar-refractivity contribution in [1.82, 2.24) is 10.2 Å². The van der Waals surface area contributed by atoms with Crippen LogP contribution < -0.4 is 5.32 Å². The molecule has 3 heteroatoms. The summed E-state index contributed by atoms with van der Waals surface area (Å²) in [5.41, 5.74) is 0.374. The van der Waals surface area contributed by atoms with E-state index in [1.54, 1.807) is 7.11 Å². The Bertz CT molecular complexity index is 171. The van der Waals surface area contributed by atoms with E-state index in [2.05, 4.69) is 31.0 Å². The topological polar surface area (TPSA) is 24.5 Å². The molecular formula is C11H24N2O. The molecule has 1 aliphatic heterocycles. The fourth-order valence-corrected chi connectivity index (χ4v) is 2.02. The van der Waals surface area contributed by atoms with Crippen LogP contribution in [0.4, 0.5) is 0 Å². The molecule has 1 N–H and O–H groups in total. The van der Waals surface area contributed by atoms with E-state index < -0.39 is 0 Å². The van der Waals surface area contributed by atoms with E-state index >= 15 is 0 Å². The summed E-state index contributed by atoms with van der Waals surface area (Å²) in [6, 6.07) is 0.618. The normalized spacial score (nSPS) is 28.7. The van der Waals surface area contributed by atoms with Crippen LogP contribution in [0.25, 0.3) is 0 Å². The van der Waals surface area contributed by atoms with E-state index in [1.807, 2.05) is 0 Å². The van der Waals surface area contributed by atoms with Gasteiger partial charge in [-0.2, -0.15) is 0 Å². The number of nitrogens with zero attached hydrogens (tertiary/aromatic N) is 1. The third-order valence-corrected chi connectivity index (χ3v) is 2.88. The highest BCUT2D eigenvalue weighted by atomic mass is 16.5. The van der Waals surface area contributed by atoms with Crippen molar-refractivity contribution < 1.29 is 4.74 Å². The third-order valence-electron chi connectivity index (χ3n) is 2.88. The van der Waals surface area contributed by atoms with E-state index in [9.17, 15) is 0 Å². The van der Waals surface area contributed by atoms with Crippen LogP contribution in [0.2, 0.25) is 0 Å². The summed E-state index contributed by atoms with van der Waals surface area (Å²) in [5, 5.41) is 3.51. The molecule has 0 saturated carbocycles. The third kappa shape index (κ3) is 3.56. The van der Waals surface area contributed by atoms with Gasteiger partial charge < -0.3 is 10.1 Å². The van der Waals surface area contributed by atoms with Gasteiger partial charge in [0.1, 0.15) is 0 Å². The lowest BCUT2D eigenvalue weighted by Crippen LogP contribution is -2.41. The SMILES string of the molecule is COCCN1CC(C)(C)CNCC1C. The monoisotopic (exact) mass is 200 g/mol. The van der Waals surface area contributed by atoms with Crippen molar-refractivity contribution in [1.29, 1.82) is 0 Å². The molecule has 84 valence electrons. The summed E-state index contributed by atoms with van der Waals surface area (Å²) in [5.74, 6) is 0. The van der Waals surface area contributed by atoms with Crippen molar-refractivity contribution in [3.8, 4) is 0 Å². The Morgan fingerprint density at radius 1 is 1.50 bits per heavy atom. The zero-order valence-electron chi connectivity index (χ0n) is 9.97. The molecular weight excluding hydrogens is 176 g/mol. The van der Waals surface area contributed by atoms with Gasteiger partial charge in [0.2, 0.25) is 0 Å². The molecule has 0 aliphatic carbocycles. The molecule has 1 atom stereocenters. The molecule has 1 saturated heterocycles. The number of ether oxygens (including phenoxy) is 1. The first-order valence-corrected chi connectivity index (χ1v) is 5.49. The first-order chi connectivity index (χ1) is 6.55. The Labute approximate surface area is 87.8 Å². The first-order valence-electron chi connectivity index (χ1n) is 5.49. The largest absolute Gasteiger partial charge is 0.383 e. The number of nitrogens with one attached hydrogen (secondary N) is 1. The zero-order chi connectivity index (χ0) is 10.6. The maximum absolute atomic E-state index is 5.14. The minimum absolute atomic E-state index is 0.374. The second-order valence-electron chi connectivity index (χ2n) is 5.11. The van der Waals surface area contributed by atoms with Crippen molar-refractivity contribution in [2.75, 3.05) is 39.9 Å². The lowest BCUT2D eigenvalue weighted by Gasteiger charge is -2.31. The predicted molar refractivity (Wildman–Crippen MR) is 59.6 cm³/mol. The summed E-state index contributed by atoms with van der Waals surface area (Å²) >= 11 is 0. The van der Waals surface area contributed by atoms with Crippen LogP contribution in [0.3, 0.4) is 0 Å². The Hall–Kier alpha value is -0.120.